The van der Waals surface area contributed by atoms with Gasteiger partial charge in [-0.25, -0.2) is 0 Å². The lowest BCUT2D eigenvalue weighted by Gasteiger charge is -2.26. The minimum Gasteiger partial charge on any atom is -0.497 e. The van der Waals surface area contributed by atoms with Crippen molar-refractivity contribution >= 4 is 34.8 Å². The molecule has 2 aromatic carbocycles. The quantitative estimate of drug-likeness (QED) is 0.624. The first-order valence-corrected chi connectivity index (χ1v) is 9.62. The molecule has 2 aromatic rings. The summed E-state index contributed by atoms with van der Waals surface area (Å²) in [5.74, 6) is 1.55. The van der Waals surface area contributed by atoms with Gasteiger partial charge in [0.25, 0.3) is 5.91 Å². The van der Waals surface area contributed by atoms with Gasteiger partial charge in [-0.05, 0) is 50.1 Å². The van der Waals surface area contributed by atoms with E-state index in [0.29, 0.717) is 22.9 Å². The SMILES string of the molecule is COc1ccc(OC)c(NC(=O)C(C)(C)Oc2ccc([C@H]3CC3(Cl)Cl)cc2)c1. The van der Waals surface area contributed by atoms with E-state index in [1.165, 1.54) is 7.11 Å². The second-order valence-corrected chi connectivity index (χ2v) is 8.76. The summed E-state index contributed by atoms with van der Waals surface area (Å²) in [6.45, 7) is 3.40. The highest BCUT2D eigenvalue weighted by Gasteiger charge is 2.52. The number of benzene rings is 2. The van der Waals surface area contributed by atoms with Crippen LogP contribution in [0.25, 0.3) is 0 Å². The summed E-state index contributed by atoms with van der Waals surface area (Å²) in [5.41, 5.74) is 0.451. The second kappa shape index (κ2) is 7.72. The summed E-state index contributed by atoms with van der Waals surface area (Å²) in [5, 5.41) is 2.84. The number of rotatable bonds is 7. The van der Waals surface area contributed by atoms with Gasteiger partial charge in [-0.3, -0.25) is 4.79 Å². The molecular weight excluding hydrogens is 401 g/mol. The van der Waals surface area contributed by atoms with Crippen molar-refractivity contribution in [2.75, 3.05) is 19.5 Å². The fourth-order valence-electron chi connectivity index (χ4n) is 2.87. The number of amides is 1. The van der Waals surface area contributed by atoms with E-state index in [1.807, 2.05) is 24.3 Å². The molecule has 1 aliphatic carbocycles. The predicted octanol–water partition coefficient (Wildman–Crippen LogP) is 5.16. The number of nitrogens with one attached hydrogen (secondary N) is 1. The molecule has 7 heteroatoms. The van der Waals surface area contributed by atoms with E-state index in [1.54, 1.807) is 39.2 Å². The van der Waals surface area contributed by atoms with Crippen LogP contribution in [0.15, 0.2) is 42.5 Å². The standard InChI is InChI=1S/C21H23Cl2NO4/c1-20(2,19(25)24-17-11-15(26-3)9-10-18(17)27-4)28-14-7-5-13(6-8-14)16-12-21(16,22)23/h5-11,16H,12H2,1-4H3,(H,24,25)/t16-/m1/s1. The Balaban J connectivity index is 1.69. The summed E-state index contributed by atoms with van der Waals surface area (Å²) in [7, 11) is 3.10. The van der Waals surface area contributed by atoms with E-state index in [2.05, 4.69) is 5.32 Å². The van der Waals surface area contributed by atoms with Crippen molar-refractivity contribution in [2.45, 2.75) is 36.1 Å². The van der Waals surface area contributed by atoms with Gasteiger partial charge in [0.2, 0.25) is 0 Å². The number of hydrogen-bond donors (Lipinski definition) is 1. The van der Waals surface area contributed by atoms with E-state index >= 15 is 0 Å². The highest BCUT2D eigenvalue weighted by atomic mass is 35.5. The molecule has 28 heavy (non-hydrogen) atoms. The second-order valence-electron chi connectivity index (χ2n) is 7.22. The zero-order valence-corrected chi connectivity index (χ0v) is 17.7. The smallest absolute Gasteiger partial charge is 0.268 e. The van der Waals surface area contributed by atoms with Crippen LogP contribution in [0.2, 0.25) is 0 Å². The highest BCUT2D eigenvalue weighted by Crippen LogP contribution is 2.59. The van der Waals surface area contributed by atoms with Gasteiger partial charge in [0.1, 0.15) is 21.6 Å². The fourth-order valence-corrected chi connectivity index (χ4v) is 3.43. The summed E-state index contributed by atoms with van der Waals surface area (Å²) in [6, 6.07) is 12.7. The van der Waals surface area contributed by atoms with Crippen molar-refractivity contribution in [3.8, 4) is 17.2 Å². The maximum atomic E-state index is 12.8. The van der Waals surface area contributed by atoms with E-state index in [-0.39, 0.29) is 11.8 Å². The lowest BCUT2D eigenvalue weighted by molar-refractivity contribution is -0.128. The molecule has 0 saturated heterocycles. The van der Waals surface area contributed by atoms with Gasteiger partial charge in [0, 0.05) is 12.0 Å². The number of anilines is 1. The van der Waals surface area contributed by atoms with Crippen LogP contribution < -0.4 is 19.5 Å². The summed E-state index contributed by atoms with van der Waals surface area (Å²) in [4.78, 5) is 12.8. The molecule has 0 heterocycles. The van der Waals surface area contributed by atoms with Crippen molar-refractivity contribution in [1.29, 1.82) is 0 Å². The van der Waals surface area contributed by atoms with Crippen molar-refractivity contribution in [2.24, 2.45) is 0 Å². The first-order valence-electron chi connectivity index (χ1n) is 8.86. The first-order chi connectivity index (χ1) is 13.2. The number of methoxy groups -OCH3 is 2. The number of alkyl halides is 2. The minimum atomic E-state index is -1.11. The molecule has 0 unspecified atom stereocenters. The molecule has 0 spiro atoms. The summed E-state index contributed by atoms with van der Waals surface area (Å²) in [6.07, 6.45) is 0.743. The van der Waals surface area contributed by atoms with Gasteiger partial charge in [-0.2, -0.15) is 0 Å². The van der Waals surface area contributed by atoms with Crippen LogP contribution in [-0.2, 0) is 4.79 Å². The Morgan fingerprint density at radius 3 is 2.21 bits per heavy atom. The maximum absolute atomic E-state index is 12.8. The van der Waals surface area contributed by atoms with Crippen LogP contribution in [0.5, 0.6) is 17.2 Å². The van der Waals surface area contributed by atoms with E-state index < -0.39 is 9.93 Å². The zero-order valence-electron chi connectivity index (χ0n) is 16.2. The Labute approximate surface area is 174 Å². The normalized spacial score (nSPS) is 17.6. The maximum Gasteiger partial charge on any atom is 0.268 e. The molecule has 0 aliphatic heterocycles. The number of ether oxygens (including phenoxy) is 3. The third-order valence-corrected chi connectivity index (χ3v) is 5.52. The lowest BCUT2D eigenvalue weighted by Crippen LogP contribution is -2.42. The molecule has 1 N–H and O–H groups in total. The van der Waals surface area contributed by atoms with E-state index in [0.717, 1.165) is 12.0 Å². The Morgan fingerprint density at radius 1 is 1.07 bits per heavy atom. The van der Waals surface area contributed by atoms with Gasteiger partial charge >= 0.3 is 0 Å². The third kappa shape index (κ3) is 4.47. The minimum absolute atomic E-state index is 0.140. The largest absolute Gasteiger partial charge is 0.497 e. The molecule has 3 rings (SSSR count). The van der Waals surface area contributed by atoms with Crippen molar-refractivity contribution in [1.82, 2.24) is 0 Å². The summed E-state index contributed by atoms with van der Waals surface area (Å²) < 4.78 is 15.8. The topological polar surface area (TPSA) is 56.8 Å². The van der Waals surface area contributed by atoms with Crippen LogP contribution >= 0.6 is 23.2 Å². The lowest BCUT2D eigenvalue weighted by atomic mass is 10.1. The van der Waals surface area contributed by atoms with Crippen molar-refractivity contribution in [3.63, 3.8) is 0 Å². The van der Waals surface area contributed by atoms with Gasteiger partial charge in [0.05, 0.1) is 19.9 Å². The molecule has 1 fully saturated rings. The Morgan fingerprint density at radius 2 is 1.68 bits per heavy atom. The monoisotopic (exact) mass is 423 g/mol. The van der Waals surface area contributed by atoms with Crippen LogP contribution in [-0.4, -0.2) is 30.1 Å². The number of carbonyl (C=O) groups excluding carboxylic acids is 1. The average molecular weight is 424 g/mol. The Kier molecular flexibility index (Phi) is 5.69. The Bertz CT molecular complexity index is 865. The molecule has 1 saturated carbocycles. The molecule has 0 bridgehead atoms. The number of halogens is 2. The molecule has 150 valence electrons. The van der Waals surface area contributed by atoms with E-state index in [4.69, 9.17) is 37.4 Å². The first kappa shape index (κ1) is 20.6. The van der Waals surface area contributed by atoms with Gasteiger partial charge in [-0.15, -0.1) is 23.2 Å². The van der Waals surface area contributed by atoms with Crippen LogP contribution in [0.4, 0.5) is 5.69 Å². The van der Waals surface area contributed by atoms with Crippen molar-refractivity contribution in [3.05, 3.63) is 48.0 Å². The highest BCUT2D eigenvalue weighted by molar-refractivity contribution is 6.51. The van der Waals surface area contributed by atoms with Crippen LogP contribution in [0.3, 0.4) is 0 Å². The third-order valence-electron chi connectivity index (χ3n) is 4.68. The van der Waals surface area contributed by atoms with Crippen LogP contribution in [0, 0.1) is 0 Å². The van der Waals surface area contributed by atoms with Gasteiger partial charge in [-0.1, -0.05) is 12.1 Å². The van der Waals surface area contributed by atoms with Gasteiger partial charge in [0.15, 0.2) is 5.60 Å². The van der Waals surface area contributed by atoms with Crippen molar-refractivity contribution < 1.29 is 19.0 Å². The molecule has 1 aliphatic rings. The Hall–Kier alpha value is -2.11. The molecular formula is C21H23Cl2NO4. The summed E-state index contributed by atoms with van der Waals surface area (Å²) >= 11 is 12.2. The fraction of sp³-hybridized carbons (Fsp3) is 0.381. The molecule has 0 aromatic heterocycles. The average Bonchev–Trinajstić information content (AvgIpc) is 3.30. The number of carbonyl (C=O) groups is 1. The van der Waals surface area contributed by atoms with E-state index in [9.17, 15) is 4.79 Å². The van der Waals surface area contributed by atoms with Gasteiger partial charge < -0.3 is 19.5 Å². The molecule has 0 radical (unpaired) electrons. The molecule has 1 atom stereocenters. The zero-order chi connectivity index (χ0) is 20.5. The molecule has 5 nitrogen and oxygen atoms in total. The predicted molar refractivity (Wildman–Crippen MR) is 111 cm³/mol. The number of hydrogen-bond acceptors (Lipinski definition) is 4. The molecule has 1 amide bonds. The van der Waals surface area contributed by atoms with Crippen LogP contribution in [0.1, 0.15) is 31.7 Å².